The molecular weight excluding hydrogens is 330 g/mol. The molecule has 0 saturated heterocycles. The molecule has 0 amide bonds. The number of aromatic carboxylic acids is 1. The zero-order valence-corrected chi connectivity index (χ0v) is 14.9. The zero-order chi connectivity index (χ0) is 18.1. The summed E-state index contributed by atoms with van der Waals surface area (Å²) in [6, 6.07) is 3.76. The standard InChI is InChI=1S/C16H21N3O4S/c1-5-15-17-11(4)9-19(15)13-6-12(16(20)21)7-14(8-13)24(22,23)18-10(2)3/h6-10,18H,5H2,1-4H3,(H,20,21). The predicted molar refractivity (Wildman–Crippen MR) is 90.1 cm³/mol. The van der Waals surface area contributed by atoms with Gasteiger partial charge < -0.3 is 9.67 Å². The number of carboxylic acids is 1. The van der Waals surface area contributed by atoms with Crippen molar-refractivity contribution < 1.29 is 18.3 Å². The molecular formula is C16H21N3O4S. The first-order valence-electron chi connectivity index (χ1n) is 7.60. The summed E-state index contributed by atoms with van der Waals surface area (Å²) in [4.78, 5) is 15.7. The minimum Gasteiger partial charge on any atom is -0.478 e. The molecule has 1 aromatic carbocycles. The molecule has 8 heteroatoms. The fraction of sp³-hybridized carbons (Fsp3) is 0.375. The lowest BCUT2D eigenvalue weighted by Crippen LogP contribution is -2.30. The normalized spacial score (nSPS) is 11.9. The van der Waals surface area contributed by atoms with Crippen LogP contribution in [-0.2, 0) is 16.4 Å². The summed E-state index contributed by atoms with van der Waals surface area (Å²) in [7, 11) is -3.81. The highest BCUT2D eigenvalue weighted by molar-refractivity contribution is 7.89. The number of benzene rings is 1. The van der Waals surface area contributed by atoms with Gasteiger partial charge in [0.1, 0.15) is 5.82 Å². The van der Waals surface area contributed by atoms with Crippen LogP contribution in [0, 0.1) is 6.92 Å². The highest BCUT2D eigenvalue weighted by Gasteiger charge is 2.20. The van der Waals surface area contributed by atoms with Crippen molar-refractivity contribution in [3.8, 4) is 5.69 Å². The van der Waals surface area contributed by atoms with Gasteiger partial charge in [-0.1, -0.05) is 6.92 Å². The average molecular weight is 351 g/mol. The number of aryl methyl sites for hydroxylation is 2. The Hall–Kier alpha value is -2.19. The lowest BCUT2D eigenvalue weighted by atomic mass is 10.2. The van der Waals surface area contributed by atoms with Crippen LogP contribution in [0.2, 0.25) is 0 Å². The lowest BCUT2D eigenvalue weighted by molar-refractivity contribution is 0.0696. The van der Waals surface area contributed by atoms with Crippen molar-refractivity contribution in [2.45, 2.75) is 45.1 Å². The zero-order valence-electron chi connectivity index (χ0n) is 14.1. The number of rotatable bonds is 6. The van der Waals surface area contributed by atoms with Gasteiger partial charge in [-0.25, -0.2) is 22.9 Å². The molecule has 0 saturated carbocycles. The summed E-state index contributed by atoms with van der Waals surface area (Å²) in [5, 5.41) is 9.32. The summed E-state index contributed by atoms with van der Waals surface area (Å²) in [6.45, 7) is 7.16. The van der Waals surface area contributed by atoms with Crippen LogP contribution in [0.4, 0.5) is 0 Å². The van der Waals surface area contributed by atoms with Gasteiger partial charge in [0.2, 0.25) is 10.0 Å². The van der Waals surface area contributed by atoms with Crippen molar-refractivity contribution in [1.29, 1.82) is 0 Å². The van der Waals surface area contributed by atoms with E-state index in [1.165, 1.54) is 12.1 Å². The summed E-state index contributed by atoms with van der Waals surface area (Å²) in [5.74, 6) is -0.456. The Labute approximate surface area is 141 Å². The fourth-order valence-electron chi connectivity index (χ4n) is 2.40. The Bertz CT molecular complexity index is 869. The minimum atomic E-state index is -3.81. The van der Waals surface area contributed by atoms with E-state index in [0.717, 1.165) is 17.6 Å². The van der Waals surface area contributed by atoms with Gasteiger partial charge in [0.05, 0.1) is 16.2 Å². The third-order valence-electron chi connectivity index (χ3n) is 3.33. The molecule has 0 unspecified atom stereocenters. The molecule has 2 N–H and O–H groups in total. The van der Waals surface area contributed by atoms with Gasteiger partial charge in [0.15, 0.2) is 0 Å². The number of hydrogen-bond donors (Lipinski definition) is 2. The predicted octanol–water partition coefficient (Wildman–Crippen LogP) is 2.13. The van der Waals surface area contributed by atoms with Crippen molar-refractivity contribution in [2.75, 3.05) is 0 Å². The van der Waals surface area contributed by atoms with Crippen LogP contribution in [0.25, 0.3) is 5.69 Å². The van der Waals surface area contributed by atoms with E-state index in [2.05, 4.69) is 9.71 Å². The molecule has 0 aliphatic carbocycles. The Kier molecular flexibility index (Phi) is 5.10. The SMILES string of the molecule is CCc1nc(C)cn1-c1cc(C(=O)O)cc(S(=O)(=O)NC(C)C)c1. The van der Waals surface area contributed by atoms with Crippen molar-refractivity contribution in [1.82, 2.24) is 14.3 Å². The molecule has 130 valence electrons. The van der Waals surface area contributed by atoms with Crippen LogP contribution in [0.5, 0.6) is 0 Å². The third kappa shape index (κ3) is 3.82. The molecule has 0 radical (unpaired) electrons. The largest absolute Gasteiger partial charge is 0.478 e. The Balaban J connectivity index is 2.67. The molecule has 1 heterocycles. The molecule has 24 heavy (non-hydrogen) atoms. The van der Waals surface area contributed by atoms with Crippen molar-refractivity contribution in [3.05, 3.63) is 41.5 Å². The molecule has 0 aliphatic heterocycles. The summed E-state index contributed by atoms with van der Waals surface area (Å²) >= 11 is 0. The maximum Gasteiger partial charge on any atom is 0.335 e. The van der Waals surface area contributed by atoms with E-state index in [0.29, 0.717) is 12.1 Å². The van der Waals surface area contributed by atoms with Gasteiger partial charge in [0.25, 0.3) is 0 Å². The smallest absolute Gasteiger partial charge is 0.335 e. The molecule has 7 nitrogen and oxygen atoms in total. The lowest BCUT2D eigenvalue weighted by Gasteiger charge is -2.13. The molecule has 0 bridgehead atoms. The molecule has 0 spiro atoms. The van der Waals surface area contributed by atoms with Crippen molar-refractivity contribution in [3.63, 3.8) is 0 Å². The summed E-state index contributed by atoms with van der Waals surface area (Å²) in [6.07, 6.45) is 2.39. The van der Waals surface area contributed by atoms with E-state index in [4.69, 9.17) is 0 Å². The molecule has 0 aliphatic rings. The van der Waals surface area contributed by atoms with Gasteiger partial charge in [-0.15, -0.1) is 0 Å². The summed E-state index contributed by atoms with van der Waals surface area (Å²) in [5.41, 5.74) is 1.14. The maximum absolute atomic E-state index is 12.4. The summed E-state index contributed by atoms with van der Waals surface area (Å²) < 4.78 is 29.1. The first-order valence-corrected chi connectivity index (χ1v) is 9.08. The van der Waals surface area contributed by atoms with E-state index in [9.17, 15) is 18.3 Å². The van der Waals surface area contributed by atoms with Crippen LogP contribution < -0.4 is 4.72 Å². The quantitative estimate of drug-likeness (QED) is 0.830. The maximum atomic E-state index is 12.4. The Morgan fingerprint density at radius 1 is 1.33 bits per heavy atom. The fourth-order valence-corrected chi connectivity index (χ4v) is 3.71. The van der Waals surface area contributed by atoms with Crippen LogP contribution in [-0.4, -0.2) is 35.1 Å². The molecule has 0 fully saturated rings. The molecule has 2 aromatic rings. The minimum absolute atomic E-state index is 0.0838. The van der Waals surface area contributed by atoms with E-state index in [1.54, 1.807) is 24.6 Å². The van der Waals surface area contributed by atoms with Gasteiger partial charge in [-0.3, -0.25) is 0 Å². The average Bonchev–Trinajstić information content (AvgIpc) is 2.86. The number of imidazole rings is 1. The topological polar surface area (TPSA) is 101 Å². The van der Waals surface area contributed by atoms with Gasteiger partial charge >= 0.3 is 5.97 Å². The van der Waals surface area contributed by atoms with E-state index in [-0.39, 0.29) is 16.5 Å². The molecule has 1 aromatic heterocycles. The third-order valence-corrected chi connectivity index (χ3v) is 4.97. The van der Waals surface area contributed by atoms with E-state index < -0.39 is 16.0 Å². The first-order chi connectivity index (χ1) is 11.1. The number of nitrogens with one attached hydrogen (secondary N) is 1. The Morgan fingerprint density at radius 2 is 2.00 bits per heavy atom. The van der Waals surface area contributed by atoms with Crippen LogP contribution in [0.3, 0.4) is 0 Å². The number of carboxylic acid groups (broad SMARTS) is 1. The monoisotopic (exact) mass is 351 g/mol. The molecule has 2 rings (SSSR count). The van der Waals surface area contributed by atoms with Gasteiger partial charge in [-0.05, 0) is 39.0 Å². The number of carbonyl (C=O) groups is 1. The van der Waals surface area contributed by atoms with E-state index in [1.807, 2.05) is 13.8 Å². The number of nitrogens with zero attached hydrogens (tertiary/aromatic N) is 2. The number of aromatic nitrogens is 2. The second-order valence-corrected chi connectivity index (χ2v) is 7.53. The van der Waals surface area contributed by atoms with Crippen LogP contribution in [0.1, 0.15) is 42.6 Å². The highest BCUT2D eigenvalue weighted by Crippen LogP contribution is 2.21. The number of hydrogen-bond acceptors (Lipinski definition) is 4. The number of sulfonamides is 1. The van der Waals surface area contributed by atoms with Crippen molar-refractivity contribution >= 4 is 16.0 Å². The van der Waals surface area contributed by atoms with Crippen molar-refractivity contribution in [2.24, 2.45) is 0 Å². The highest BCUT2D eigenvalue weighted by atomic mass is 32.2. The second kappa shape index (κ2) is 6.74. The van der Waals surface area contributed by atoms with Gasteiger partial charge in [0, 0.05) is 24.3 Å². The second-order valence-electron chi connectivity index (χ2n) is 5.82. The van der Waals surface area contributed by atoms with Crippen LogP contribution >= 0.6 is 0 Å². The molecule has 0 atom stereocenters. The van der Waals surface area contributed by atoms with Gasteiger partial charge in [-0.2, -0.15) is 0 Å². The van der Waals surface area contributed by atoms with E-state index >= 15 is 0 Å². The Morgan fingerprint density at radius 3 is 2.54 bits per heavy atom. The first kappa shape index (κ1) is 18.2. The van der Waals surface area contributed by atoms with Crippen LogP contribution in [0.15, 0.2) is 29.3 Å².